The fourth-order valence-corrected chi connectivity index (χ4v) is 2.13. The average Bonchev–Trinajstić information content (AvgIpc) is 2.60. The third kappa shape index (κ3) is 5.32. The predicted octanol–water partition coefficient (Wildman–Crippen LogP) is 4.02. The highest BCUT2D eigenvalue weighted by Gasteiger charge is 2.05. The molecule has 0 aliphatic rings. The van der Waals surface area contributed by atoms with Gasteiger partial charge in [0.1, 0.15) is 24.7 Å². The van der Waals surface area contributed by atoms with Gasteiger partial charge in [0.15, 0.2) is 0 Å². The first-order valence-corrected chi connectivity index (χ1v) is 7.99. The van der Waals surface area contributed by atoms with Crippen molar-refractivity contribution in [1.29, 1.82) is 0 Å². The monoisotopic (exact) mass is 345 g/mol. The van der Waals surface area contributed by atoms with Crippen LogP contribution in [-0.2, 0) is 0 Å². The average molecular weight is 346 g/mol. The number of amides is 1. The second kappa shape index (κ2) is 8.99. The largest absolute Gasteiger partial charge is 0.492 e. The zero-order chi connectivity index (χ0) is 17.4. The summed E-state index contributed by atoms with van der Waals surface area (Å²) in [5, 5.41) is 3.47. The van der Waals surface area contributed by atoms with Crippen molar-refractivity contribution in [1.82, 2.24) is 5.32 Å². The highest BCUT2D eigenvalue weighted by molar-refractivity contribution is 6.31. The summed E-state index contributed by atoms with van der Waals surface area (Å²) >= 11 is 6.04. The molecule has 0 radical (unpaired) electrons. The third-order valence-corrected chi connectivity index (χ3v) is 3.69. The normalized spacial score (nSPS) is 10.1. The molecule has 0 aliphatic heterocycles. The Labute approximate surface area is 147 Å². The maximum atomic E-state index is 12.0. The lowest BCUT2D eigenvalue weighted by atomic mass is 10.2. The summed E-state index contributed by atoms with van der Waals surface area (Å²) in [5.74, 6) is 1.23. The Hall–Kier alpha value is -2.46. The number of hydrogen-bond acceptors (Lipinski definition) is 3. The first kappa shape index (κ1) is 17.9. The van der Waals surface area contributed by atoms with E-state index in [4.69, 9.17) is 21.1 Å². The van der Waals surface area contributed by atoms with Crippen LogP contribution < -0.4 is 14.8 Å². The Morgan fingerprint density at radius 2 is 1.88 bits per heavy atom. The van der Waals surface area contributed by atoms with E-state index in [9.17, 15) is 4.79 Å². The lowest BCUT2D eigenvalue weighted by molar-refractivity contribution is 0.0947. The molecule has 0 unspecified atom stereocenters. The minimum atomic E-state index is -0.157. The summed E-state index contributed by atoms with van der Waals surface area (Å²) in [7, 11) is 0. The molecule has 0 heterocycles. The fourth-order valence-electron chi connectivity index (χ4n) is 1.96. The van der Waals surface area contributed by atoms with Crippen LogP contribution in [0.3, 0.4) is 0 Å². The van der Waals surface area contributed by atoms with Crippen LogP contribution in [0.15, 0.2) is 55.1 Å². The molecule has 0 bridgehead atoms. The molecule has 0 fully saturated rings. The van der Waals surface area contributed by atoms with Crippen molar-refractivity contribution in [2.75, 3.05) is 19.8 Å². The zero-order valence-corrected chi connectivity index (χ0v) is 14.3. The standard InChI is InChI=1S/C19H20ClNO3/c1-3-11-23-16-8-5-15(6-9-16)19(22)21-10-12-24-17-7-4-14(2)18(20)13-17/h3-9,13H,1,10-12H2,2H3,(H,21,22). The Kier molecular flexibility index (Phi) is 6.70. The lowest BCUT2D eigenvalue weighted by Crippen LogP contribution is -2.28. The maximum Gasteiger partial charge on any atom is 0.251 e. The number of carbonyl (C=O) groups is 1. The van der Waals surface area contributed by atoms with Crippen LogP contribution in [0.25, 0.3) is 0 Å². The first-order chi connectivity index (χ1) is 11.6. The van der Waals surface area contributed by atoms with E-state index in [2.05, 4.69) is 11.9 Å². The van der Waals surface area contributed by atoms with Gasteiger partial charge in [-0.25, -0.2) is 0 Å². The first-order valence-electron chi connectivity index (χ1n) is 7.61. The van der Waals surface area contributed by atoms with Crippen LogP contribution in [-0.4, -0.2) is 25.7 Å². The van der Waals surface area contributed by atoms with E-state index >= 15 is 0 Å². The Morgan fingerprint density at radius 3 is 2.54 bits per heavy atom. The van der Waals surface area contributed by atoms with Crippen molar-refractivity contribution >= 4 is 17.5 Å². The molecule has 24 heavy (non-hydrogen) atoms. The molecular formula is C19H20ClNO3. The summed E-state index contributed by atoms with van der Waals surface area (Å²) in [6.45, 7) is 6.72. The molecule has 2 rings (SSSR count). The van der Waals surface area contributed by atoms with Gasteiger partial charge in [-0.15, -0.1) is 0 Å². The van der Waals surface area contributed by atoms with Gasteiger partial charge in [0.05, 0.1) is 6.54 Å². The highest BCUT2D eigenvalue weighted by atomic mass is 35.5. The third-order valence-electron chi connectivity index (χ3n) is 3.28. The number of aryl methyl sites for hydroxylation is 1. The van der Waals surface area contributed by atoms with Gasteiger partial charge in [0.25, 0.3) is 5.91 Å². The van der Waals surface area contributed by atoms with Crippen molar-refractivity contribution < 1.29 is 14.3 Å². The molecule has 2 aromatic rings. The lowest BCUT2D eigenvalue weighted by Gasteiger charge is -2.09. The molecule has 0 saturated heterocycles. The minimum Gasteiger partial charge on any atom is -0.492 e. The summed E-state index contributed by atoms with van der Waals surface area (Å²) in [6, 6.07) is 12.5. The van der Waals surface area contributed by atoms with Crippen molar-refractivity contribution in [3.8, 4) is 11.5 Å². The second-order valence-electron chi connectivity index (χ2n) is 5.14. The fraction of sp³-hybridized carbons (Fsp3) is 0.211. The van der Waals surface area contributed by atoms with E-state index in [0.29, 0.717) is 41.8 Å². The van der Waals surface area contributed by atoms with E-state index < -0.39 is 0 Å². The van der Waals surface area contributed by atoms with Gasteiger partial charge in [-0.1, -0.05) is 30.3 Å². The van der Waals surface area contributed by atoms with Crippen LogP contribution in [0, 0.1) is 6.92 Å². The number of rotatable bonds is 8. The summed E-state index contributed by atoms with van der Waals surface area (Å²) in [4.78, 5) is 12.0. The molecule has 126 valence electrons. The highest BCUT2D eigenvalue weighted by Crippen LogP contribution is 2.21. The zero-order valence-electron chi connectivity index (χ0n) is 13.5. The summed E-state index contributed by atoms with van der Waals surface area (Å²) in [6.07, 6.45) is 1.67. The molecule has 0 saturated carbocycles. The van der Waals surface area contributed by atoms with E-state index in [-0.39, 0.29) is 5.91 Å². The molecule has 0 aromatic heterocycles. The van der Waals surface area contributed by atoms with Crippen LogP contribution in [0.5, 0.6) is 11.5 Å². The van der Waals surface area contributed by atoms with Crippen molar-refractivity contribution in [3.05, 3.63) is 71.3 Å². The molecule has 1 N–H and O–H groups in total. The maximum absolute atomic E-state index is 12.0. The van der Waals surface area contributed by atoms with Crippen molar-refractivity contribution in [3.63, 3.8) is 0 Å². The van der Waals surface area contributed by atoms with E-state index in [1.54, 1.807) is 36.4 Å². The second-order valence-corrected chi connectivity index (χ2v) is 5.55. The van der Waals surface area contributed by atoms with Gasteiger partial charge in [-0.2, -0.15) is 0 Å². The van der Waals surface area contributed by atoms with Crippen LogP contribution >= 0.6 is 11.6 Å². The molecule has 0 atom stereocenters. The van der Waals surface area contributed by atoms with Crippen LogP contribution in [0.4, 0.5) is 0 Å². The number of benzene rings is 2. The topological polar surface area (TPSA) is 47.6 Å². The quantitative estimate of drug-likeness (QED) is 0.580. The molecular weight excluding hydrogens is 326 g/mol. The molecule has 0 aliphatic carbocycles. The van der Waals surface area contributed by atoms with Crippen LogP contribution in [0.2, 0.25) is 5.02 Å². The van der Waals surface area contributed by atoms with Crippen molar-refractivity contribution in [2.24, 2.45) is 0 Å². The number of halogens is 1. The Balaban J connectivity index is 1.76. The summed E-state index contributed by atoms with van der Waals surface area (Å²) in [5.41, 5.74) is 1.57. The van der Waals surface area contributed by atoms with Crippen LogP contribution in [0.1, 0.15) is 15.9 Å². The number of ether oxygens (including phenoxy) is 2. The molecule has 0 spiro atoms. The Morgan fingerprint density at radius 1 is 1.17 bits per heavy atom. The van der Waals surface area contributed by atoms with Gasteiger partial charge in [-0.05, 0) is 48.9 Å². The number of nitrogens with one attached hydrogen (secondary N) is 1. The van der Waals surface area contributed by atoms with Gasteiger partial charge in [-0.3, -0.25) is 4.79 Å². The predicted molar refractivity (Wildman–Crippen MR) is 96.2 cm³/mol. The molecule has 2 aromatic carbocycles. The van der Waals surface area contributed by atoms with Crippen molar-refractivity contribution in [2.45, 2.75) is 6.92 Å². The molecule has 5 heteroatoms. The van der Waals surface area contributed by atoms with Gasteiger partial charge in [0.2, 0.25) is 0 Å². The Bertz CT molecular complexity index is 698. The van der Waals surface area contributed by atoms with Gasteiger partial charge in [0, 0.05) is 10.6 Å². The van der Waals surface area contributed by atoms with Gasteiger partial charge < -0.3 is 14.8 Å². The molecule has 1 amide bonds. The summed E-state index contributed by atoms with van der Waals surface area (Å²) < 4.78 is 10.9. The number of carbonyl (C=O) groups excluding carboxylic acids is 1. The van der Waals surface area contributed by atoms with E-state index in [1.165, 1.54) is 0 Å². The smallest absolute Gasteiger partial charge is 0.251 e. The minimum absolute atomic E-state index is 0.157. The van der Waals surface area contributed by atoms with Gasteiger partial charge >= 0.3 is 0 Å². The number of hydrogen-bond donors (Lipinski definition) is 1. The molecule has 4 nitrogen and oxygen atoms in total. The van der Waals surface area contributed by atoms with E-state index in [1.807, 2.05) is 19.1 Å². The van der Waals surface area contributed by atoms with E-state index in [0.717, 1.165) is 5.56 Å². The SMILES string of the molecule is C=CCOc1ccc(C(=O)NCCOc2ccc(C)c(Cl)c2)cc1.